The fraction of sp³-hybridized carbons (Fsp3) is 0.333. The van der Waals surface area contributed by atoms with E-state index in [9.17, 15) is 0 Å². The molecule has 0 aliphatic rings. The van der Waals surface area contributed by atoms with Gasteiger partial charge in [-0.2, -0.15) is 0 Å². The molecule has 0 aromatic carbocycles. The van der Waals surface area contributed by atoms with Crippen molar-refractivity contribution >= 4 is 22.9 Å². The molecule has 0 saturated heterocycles. The van der Waals surface area contributed by atoms with Crippen LogP contribution in [0, 0.1) is 0 Å². The lowest BCUT2D eigenvalue weighted by Crippen LogP contribution is -1.73. The molecule has 0 aliphatic heterocycles. The number of rotatable bonds is 2. The molecular formula is C6H7ClOS. The van der Waals surface area contributed by atoms with Gasteiger partial charge in [-0.1, -0.05) is 0 Å². The van der Waals surface area contributed by atoms with Gasteiger partial charge < -0.3 is 4.74 Å². The molecular weight excluding hydrogens is 156 g/mol. The van der Waals surface area contributed by atoms with Crippen LogP contribution in [0.2, 0.25) is 0 Å². The predicted molar refractivity (Wildman–Crippen MR) is 40.4 cm³/mol. The summed E-state index contributed by atoms with van der Waals surface area (Å²) in [5.41, 5.74) is 0. The predicted octanol–water partition coefficient (Wildman–Crippen LogP) is 2.50. The van der Waals surface area contributed by atoms with Crippen LogP contribution < -0.4 is 4.74 Å². The summed E-state index contributed by atoms with van der Waals surface area (Å²) in [4.78, 5) is 1.15. The first-order valence-corrected chi connectivity index (χ1v) is 3.90. The zero-order valence-corrected chi connectivity index (χ0v) is 6.63. The maximum atomic E-state index is 5.55. The van der Waals surface area contributed by atoms with Gasteiger partial charge in [0.1, 0.15) is 0 Å². The maximum Gasteiger partial charge on any atom is 0.173 e. The summed E-state index contributed by atoms with van der Waals surface area (Å²) in [5.74, 6) is 0.577. The van der Waals surface area contributed by atoms with Crippen molar-refractivity contribution in [1.82, 2.24) is 0 Å². The molecule has 0 aliphatic carbocycles. The van der Waals surface area contributed by atoms with Crippen molar-refractivity contribution < 1.29 is 4.74 Å². The van der Waals surface area contributed by atoms with Crippen molar-refractivity contribution in [2.45, 2.75) is 5.88 Å². The summed E-state index contributed by atoms with van der Waals surface area (Å²) in [7, 11) is 1.66. The number of ether oxygens (including phenoxy) is 1. The molecule has 0 bridgehead atoms. The second-order valence-corrected chi connectivity index (χ2v) is 2.96. The van der Waals surface area contributed by atoms with Gasteiger partial charge in [0.15, 0.2) is 5.06 Å². The summed E-state index contributed by atoms with van der Waals surface area (Å²) in [5, 5.41) is 0.922. The second-order valence-electron chi connectivity index (χ2n) is 1.56. The molecule has 0 atom stereocenters. The van der Waals surface area contributed by atoms with Crippen molar-refractivity contribution in [3.63, 3.8) is 0 Å². The standard InChI is InChI=1S/C6H7ClOS/c1-8-6-3-2-5(4-7)9-6/h2-3H,4H2,1H3. The largest absolute Gasteiger partial charge is 0.487 e. The Bertz CT molecular complexity index is 166. The summed E-state index contributed by atoms with van der Waals surface area (Å²) < 4.78 is 4.96. The molecule has 0 N–H and O–H groups in total. The lowest BCUT2D eigenvalue weighted by atomic mass is 10.5. The third-order valence-electron chi connectivity index (χ3n) is 0.970. The van der Waals surface area contributed by atoms with Crippen LogP contribution in [0.15, 0.2) is 12.1 Å². The summed E-state index contributed by atoms with van der Waals surface area (Å²) in [6, 6.07) is 3.89. The molecule has 1 heterocycles. The maximum absolute atomic E-state index is 5.55. The first-order valence-electron chi connectivity index (χ1n) is 2.55. The van der Waals surface area contributed by atoms with Gasteiger partial charge >= 0.3 is 0 Å². The van der Waals surface area contributed by atoms with E-state index < -0.39 is 0 Å². The number of hydrogen-bond acceptors (Lipinski definition) is 2. The Kier molecular flexibility index (Phi) is 2.37. The van der Waals surface area contributed by atoms with Gasteiger partial charge in [-0.15, -0.1) is 22.9 Å². The molecule has 1 rings (SSSR count). The number of alkyl halides is 1. The Balaban J connectivity index is 2.74. The Morgan fingerprint density at radius 2 is 2.44 bits per heavy atom. The van der Waals surface area contributed by atoms with Gasteiger partial charge in [0, 0.05) is 4.88 Å². The Hall–Kier alpha value is -0.210. The fourth-order valence-corrected chi connectivity index (χ4v) is 1.46. The highest BCUT2D eigenvalue weighted by atomic mass is 35.5. The van der Waals surface area contributed by atoms with Crippen LogP contribution >= 0.6 is 22.9 Å². The van der Waals surface area contributed by atoms with Crippen molar-refractivity contribution in [2.24, 2.45) is 0 Å². The molecule has 0 saturated carbocycles. The molecule has 1 aromatic rings. The number of methoxy groups -OCH3 is 1. The average molecular weight is 163 g/mol. The minimum Gasteiger partial charge on any atom is -0.487 e. The van der Waals surface area contributed by atoms with E-state index in [0.29, 0.717) is 5.88 Å². The van der Waals surface area contributed by atoms with Gasteiger partial charge in [-0.3, -0.25) is 0 Å². The van der Waals surface area contributed by atoms with E-state index in [-0.39, 0.29) is 0 Å². The second kappa shape index (κ2) is 3.08. The van der Waals surface area contributed by atoms with Crippen LogP contribution in [0.4, 0.5) is 0 Å². The summed E-state index contributed by atoms with van der Waals surface area (Å²) in [6.45, 7) is 0. The van der Waals surface area contributed by atoms with Gasteiger partial charge in [-0.25, -0.2) is 0 Å². The van der Waals surface area contributed by atoms with Gasteiger partial charge in [0.05, 0.1) is 13.0 Å². The number of hydrogen-bond donors (Lipinski definition) is 0. The highest BCUT2D eigenvalue weighted by Gasteiger charge is 1.95. The Morgan fingerprint density at radius 1 is 1.67 bits per heavy atom. The lowest BCUT2D eigenvalue weighted by Gasteiger charge is -1.88. The monoisotopic (exact) mass is 162 g/mol. The molecule has 0 radical (unpaired) electrons. The average Bonchev–Trinajstić information content (AvgIpc) is 2.34. The van der Waals surface area contributed by atoms with Crippen LogP contribution in [0.25, 0.3) is 0 Å². The third-order valence-corrected chi connectivity index (χ3v) is 2.46. The van der Waals surface area contributed by atoms with Crippen LogP contribution in [-0.2, 0) is 5.88 Å². The Labute approximate surface area is 63.2 Å². The first-order chi connectivity index (χ1) is 4.36. The van der Waals surface area contributed by atoms with Crippen LogP contribution in [-0.4, -0.2) is 7.11 Å². The SMILES string of the molecule is COc1ccc(CCl)s1. The van der Waals surface area contributed by atoms with Crippen molar-refractivity contribution in [2.75, 3.05) is 7.11 Å². The van der Waals surface area contributed by atoms with E-state index in [1.54, 1.807) is 18.4 Å². The zero-order chi connectivity index (χ0) is 6.69. The van der Waals surface area contributed by atoms with E-state index in [2.05, 4.69) is 0 Å². The van der Waals surface area contributed by atoms with E-state index in [1.807, 2.05) is 12.1 Å². The molecule has 3 heteroatoms. The van der Waals surface area contributed by atoms with Crippen LogP contribution in [0.1, 0.15) is 4.88 Å². The molecule has 1 aromatic heterocycles. The normalized spacial score (nSPS) is 9.56. The number of thiophene rings is 1. The highest BCUT2D eigenvalue weighted by Crippen LogP contribution is 2.24. The summed E-state index contributed by atoms with van der Waals surface area (Å²) >= 11 is 7.13. The van der Waals surface area contributed by atoms with Gasteiger partial charge in [-0.05, 0) is 12.1 Å². The lowest BCUT2D eigenvalue weighted by molar-refractivity contribution is 0.427. The fourth-order valence-electron chi connectivity index (χ4n) is 0.540. The van der Waals surface area contributed by atoms with Crippen molar-refractivity contribution in [3.05, 3.63) is 17.0 Å². The topological polar surface area (TPSA) is 9.23 Å². The smallest absolute Gasteiger partial charge is 0.173 e. The molecule has 0 amide bonds. The Morgan fingerprint density at radius 3 is 2.78 bits per heavy atom. The van der Waals surface area contributed by atoms with Crippen molar-refractivity contribution in [3.8, 4) is 5.06 Å². The molecule has 1 nitrogen and oxygen atoms in total. The van der Waals surface area contributed by atoms with Crippen molar-refractivity contribution in [1.29, 1.82) is 0 Å². The molecule has 9 heavy (non-hydrogen) atoms. The van der Waals surface area contributed by atoms with Crippen LogP contribution in [0.3, 0.4) is 0 Å². The van der Waals surface area contributed by atoms with E-state index in [1.165, 1.54) is 0 Å². The van der Waals surface area contributed by atoms with E-state index in [4.69, 9.17) is 16.3 Å². The minimum absolute atomic E-state index is 0.577. The summed E-state index contributed by atoms with van der Waals surface area (Å²) in [6.07, 6.45) is 0. The van der Waals surface area contributed by atoms with E-state index >= 15 is 0 Å². The zero-order valence-electron chi connectivity index (χ0n) is 5.06. The third kappa shape index (κ3) is 1.60. The first kappa shape index (κ1) is 6.90. The van der Waals surface area contributed by atoms with Crippen LogP contribution in [0.5, 0.6) is 5.06 Å². The molecule has 0 unspecified atom stereocenters. The highest BCUT2D eigenvalue weighted by molar-refractivity contribution is 7.14. The minimum atomic E-state index is 0.577. The number of halogens is 1. The van der Waals surface area contributed by atoms with Gasteiger partial charge in [0.25, 0.3) is 0 Å². The molecule has 50 valence electrons. The quantitative estimate of drug-likeness (QED) is 0.608. The molecule has 0 fully saturated rings. The van der Waals surface area contributed by atoms with E-state index in [0.717, 1.165) is 9.94 Å². The molecule has 0 spiro atoms. The van der Waals surface area contributed by atoms with Gasteiger partial charge in [0.2, 0.25) is 0 Å².